The van der Waals surface area contributed by atoms with E-state index in [1.807, 2.05) is 0 Å². The summed E-state index contributed by atoms with van der Waals surface area (Å²) in [7, 11) is 0. The van der Waals surface area contributed by atoms with Crippen LogP contribution in [0.15, 0.2) is 0 Å². The molecule has 0 N–H and O–H groups in total. The SMILES string of the molecule is CCCCOCC1(COCCCC)Cc2c(/c(=c3\sc(=C(C#N)C#N)c4c3CC(COCCCC)(COCCCC)C4)sc2=C(C#N)C#N)C1. The Morgan fingerprint density at radius 1 is 0.500 bits per heavy atom. The van der Waals surface area contributed by atoms with Crippen molar-refractivity contribution in [1.82, 2.24) is 0 Å². The first-order chi connectivity index (χ1) is 24.4. The maximum atomic E-state index is 10.1. The summed E-state index contributed by atoms with van der Waals surface area (Å²) >= 11 is 3.00. The summed E-state index contributed by atoms with van der Waals surface area (Å²) in [5, 5.41) is 40.3. The molecule has 50 heavy (non-hydrogen) atoms. The standard InChI is InChI=1S/C40H52N4O4S2/c1-5-9-13-45-25-39(26-46-14-10-6-2)17-31-33(19-39)37(49-35(31)29(21-41)22-42)38-34-20-40(27-47-15-11-7-3,28-48-16-12-8-4)18-32(34)36(50-38)30(23-43)24-44/h5-20,25-28H2,1-4H3/b38-37+. The fourth-order valence-corrected chi connectivity index (χ4v) is 9.78. The van der Waals surface area contributed by atoms with Crippen molar-refractivity contribution < 1.29 is 18.9 Å². The van der Waals surface area contributed by atoms with Crippen LogP contribution in [0.2, 0.25) is 0 Å². The summed E-state index contributed by atoms with van der Waals surface area (Å²) in [6, 6.07) is 8.67. The minimum atomic E-state index is -0.316. The Morgan fingerprint density at radius 2 is 0.780 bits per heavy atom. The molecule has 0 aliphatic heterocycles. The predicted octanol–water partition coefficient (Wildman–Crippen LogP) is 6.93. The highest BCUT2D eigenvalue weighted by Crippen LogP contribution is 2.43. The third-order valence-electron chi connectivity index (χ3n) is 9.75. The van der Waals surface area contributed by atoms with Crippen LogP contribution in [0.4, 0.5) is 0 Å². The van der Waals surface area contributed by atoms with Crippen molar-refractivity contribution in [2.24, 2.45) is 10.8 Å². The second-order valence-electron chi connectivity index (χ2n) is 14.0. The third kappa shape index (κ3) is 9.23. The Hall–Kier alpha value is -3.06. The first kappa shape index (κ1) is 39.7. The fourth-order valence-electron chi connectivity index (χ4n) is 7.03. The molecule has 0 bridgehead atoms. The van der Waals surface area contributed by atoms with Gasteiger partial charge >= 0.3 is 0 Å². The lowest BCUT2D eigenvalue weighted by Gasteiger charge is -2.29. The van der Waals surface area contributed by atoms with Gasteiger partial charge in [0.25, 0.3) is 0 Å². The molecule has 0 unspecified atom stereocenters. The zero-order chi connectivity index (χ0) is 36.0. The van der Waals surface area contributed by atoms with E-state index >= 15 is 0 Å². The van der Waals surface area contributed by atoms with Crippen LogP contribution in [0.1, 0.15) is 101 Å². The van der Waals surface area contributed by atoms with Crippen LogP contribution in [0.25, 0.3) is 11.1 Å². The van der Waals surface area contributed by atoms with E-state index in [4.69, 9.17) is 18.9 Å². The third-order valence-corrected chi connectivity index (χ3v) is 12.5. The maximum Gasteiger partial charge on any atom is 0.147 e. The van der Waals surface area contributed by atoms with Gasteiger partial charge in [-0.3, -0.25) is 0 Å². The topological polar surface area (TPSA) is 132 Å². The predicted molar refractivity (Wildman–Crippen MR) is 197 cm³/mol. The van der Waals surface area contributed by atoms with E-state index in [0.717, 1.165) is 82.7 Å². The smallest absolute Gasteiger partial charge is 0.147 e. The Bertz CT molecular complexity index is 1660. The second kappa shape index (κ2) is 19.5. The van der Waals surface area contributed by atoms with Crippen LogP contribution in [-0.4, -0.2) is 52.9 Å². The summed E-state index contributed by atoms with van der Waals surface area (Å²) in [4.78, 5) is 0. The lowest BCUT2D eigenvalue weighted by Crippen LogP contribution is -2.34. The monoisotopic (exact) mass is 716 g/mol. The fraction of sp³-hybridized carbons (Fsp3) is 0.650. The highest BCUT2D eigenvalue weighted by atomic mass is 32.1. The number of ether oxygens (including phenoxy) is 4. The van der Waals surface area contributed by atoms with Gasteiger partial charge in [-0.05, 0) is 73.6 Å². The first-order valence-corrected chi connectivity index (χ1v) is 20.0. The van der Waals surface area contributed by atoms with Gasteiger partial charge in [-0.2, -0.15) is 21.0 Å². The van der Waals surface area contributed by atoms with E-state index in [-0.39, 0.29) is 22.0 Å². The van der Waals surface area contributed by atoms with E-state index in [0.29, 0.717) is 87.6 Å². The molecule has 0 amide bonds. The molecule has 0 saturated carbocycles. The van der Waals surface area contributed by atoms with Crippen LogP contribution < -0.4 is 9.06 Å². The van der Waals surface area contributed by atoms with Crippen molar-refractivity contribution in [3.8, 4) is 24.3 Å². The number of nitrogens with zero attached hydrogens (tertiary/aromatic N) is 4. The van der Waals surface area contributed by atoms with Gasteiger partial charge in [0.1, 0.15) is 35.4 Å². The lowest BCUT2D eigenvalue weighted by atomic mass is 9.86. The molecule has 0 spiro atoms. The minimum Gasteiger partial charge on any atom is -0.381 e. The van der Waals surface area contributed by atoms with Gasteiger partial charge in [0, 0.05) is 46.3 Å². The molecule has 268 valence electrons. The van der Waals surface area contributed by atoms with Gasteiger partial charge in [-0.25, -0.2) is 0 Å². The number of hydrogen-bond acceptors (Lipinski definition) is 10. The van der Waals surface area contributed by atoms with Crippen LogP contribution >= 0.6 is 22.7 Å². The molecule has 2 aromatic heterocycles. The van der Waals surface area contributed by atoms with E-state index in [2.05, 4.69) is 52.0 Å². The highest BCUT2D eigenvalue weighted by Gasteiger charge is 2.43. The van der Waals surface area contributed by atoms with Crippen LogP contribution in [0.3, 0.4) is 0 Å². The quantitative estimate of drug-likeness (QED) is 0.135. The largest absolute Gasteiger partial charge is 0.381 e. The van der Waals surface area contributed by atoms with Crippen molar-refractivity contribution in [1.29, 1.82) is 21.0 Å². The summed E-state index contributed by atoms with van der Waals surface area (Å²) < 4.78 is 28.6. The summed E-state index contributed by atoms with van der Waals surface area (Å²) in [6.45, 7) is 13.5. The molecule has 10 heteroatoms. The summed E-state index contributed by atoms with van der Waals surface area (Å²) in [5.74, 6) is 0. The average Bonchev–Trinajstić information content (AvgIpc) is 3.86. The number of nitriles is 4. The number of rotatable bonds is 20. The lowest BCUT2D eigenvalue weighted by molar-refractivity contribution is -0.0190. The van der Waals surface area contributed by atoms with Crippen LogP contribution in [0, 0.1) is 65.2 Å². The average molecular weight is 717 g/mol. The zero-order valence-corrected chi connectivity index (χ0v) is 32.0. The zero-order valence-electron chi connectivity index (χ0n) is 30.4. The van der Waals surface area contributed by atoms with Gasteiger partial charge < -0.3 is 18.9 Å². The van der Waals surface area contributed by atoms with Crippen molar-refractivity contribution in [2.75, 3.05) is 52.9 Å². The normalized spacial score (nSPS) is 15.8. The van der Waals surface area contributed by atoms with Gasteiger partial charge in [0.2, 0.25) is 0 Å². The number of unbranched alkanes of at least 4 members (excludes halogenated alkanes) is 4. The number of hydrogen-bond donors (Lipinski definition) is 0. The van der Waals surface area contributed by atoms with Crippen molar-refractivity contribution in [3.63, 3.8) is 0 Å². The summed E-state index contributed by atoms with van der Waals surface area (Å²) in [5.41, 5.74) is 3.93. The molecule has 2 aliphatic rings. The van der Waals surface area contributed by atoms with E-state index in [1.165, 1.54) is 22.7 Å². The molecular weight excluding hydrogens is 665 g/mol. The van der Waals surface area contributed by atoms with Crippen molar-refractivity contribution in [2.45, 2.75) is 105 Å². The molecule has 0 radical (unpaired) electrons. The molecule has 0 fully saturated rings. The Balaban J connectivity index is 1.95. The van der Waals surface area contributed by atoms with Gasteiger partial charge in [-0.15, -0.1) is 22.7 Å². The second-order valence-corrected chi connectivity index (χ2v) is 16.0. The molecule has 2 aliphatic carbocycles. The first-order valence-electron chi connectivity index (χ1n) is 18.3. The Morgan fingerprint density at radius 3 is 1.04 bits per heavy atom. The van der Waals surface area contributed by atoms with E-state index in [1.54, 1.807) is 0 Å². The van der Waals surface area contributed by atoms with Crippen molar-refractivity contribution >= 4 is 33.8 Å². The molecule has 8 nitrogen and oxygen atoms in total. The molecule has 2 aromatic rings. The minimum absolute atomic E-state index is 0.116. The molecular formula is C40H52N4O4S2. The van der Waals surface area contributed by atoms with Gasteiger partial charge in [-0.1, -0.05) is 53.4 Å². The van der Waals surface area contributed by atoms with Gasteiger partial charge in [0.05, 0.1) is 35.5 Å². The summed E-state index contributed by atoms with van der Waals surface area (Å²) in [6.07, 6.45) is 10.9. The van der Waals surface area contributed by atoms with E-state index in [9.17, 15) is 21.0 Å². The number of fused-ring (bicyclic) bond motifs is 2. The van der Waals surface area contributed by atoms with Crippen LogP contribution in [-0.2, 0) is 44.6 Å². The Labute approximate surface area is 305 Å². The molecule has 0 aromatic carbocycles. The van der Waals surface area contributed by atoms with Crippen LogP contribution in [0.5, 0.6) is 0 Å². The number of thiophene rings is 2. The molecule has 0 saturated heterocycles. The van der Waals surface area contributed by atoms with Crippen molar-refractivity contribution in [3.05, 3.63) is 40.4 Å². The molecule has 2 heterocycles. The Kier molecular flexibility index (Phi) is 15.5. The van der Waals surface area contributed by atoms with Gasteiger partial charge in [0.15, 0.2) is 0 Å². The van der Waals surface area contributed by atoms with E-state index < -0.39 is 0 Å². The maximum absolute atomic E-state index is 10.1. The molecule has 0 atom stereocenters. The molecule has 4 rings (SSSR count). The highest BCUT2D eigenvalue weighted by molar-refractivity contribution is 7.12.